The maximum absolute atomic E-state index is 4.38. The summed E-state index contributed by atoms with van der Waals surface area (Å²) in [6.45, 7) is 2.85. The van der Waals surface area contributed by atoms with Crippen molar-refractivity contribution >= 4 is 0 Å². The van der Waals surface area contributed by atoms with Gasteiger partial charge in [-0.05, 0) is 44.4 Å². The van der Waals surface area contributed by atoms with Crippen LogP contribution in [-0.2, 0) is 6.54 Å². The smallest absolute Gasteiger partial charge is 0.0724 e. The van der Waals surface area contributed by atoms with Crippen LogP contribution in [0.1, 0.15) is 37.1 Å². The van der Waals surface area contributed by atoms with E-state index in [-0.39, 0.29) is 0 Å². The number of rotatable bonds is 5. The summed E-state index contributed by atoms with van der Waals surface area (Å²) in [5, 5.41) is 3.68. The predicted molar refractivity (Wildman–Crippen MR) is 62.8 cm³/mol. The van der Waals surface area contributed by atoms with Gasteiger partial charge in [0.15, 0.2) is 0 Å². The zero-order valence-electron chi connectivity index (χ0n) is 9.82. The molecule has 1 aromatic heterocycles. The molecule has 1 aromatic rings. The van der Waals surface area contributed by atoms with E-state index in [4.69, 9.17) is 0 Å². The van der Waals surface area contributed by atoms with E-state index in [0.29, 0.717) is 0 Å². The molecule has 2 fully saturated rings. The van der Waals surface area contributed by atoms with E-state index < -0.39 is 0 Å². The minimum atomic E-state index is 0.753. The molecule has 2 aliphatic carbocycles. The molecule has 0 aromatic carbocycles. The molecule has 0 bridgehead atoms. The summed E-state index contributed by atoms with van der Waals surface area (Å²) in [4.78, 5) is 8.66. The second-order valence-electron chi connectivity index (χ2n) is 5.23. The molecule has 1 N–H and O–H groups in total. The van der Waals surface area contributed by atoms with E-state index in [1.54, 1.807) is 0 Å². The van der Waals surface area contributed by atoms with Crippen molar-refractivity contribution in [2.45, 2.75) is 45.2 Å². The van der Waals surface area contributed by atoms with Crippen LogP contribution in [0, 0.1) is 18.8 Å². The number of hydrogen-bond acceptors (Lipinski definition) is 3. The average Bonchev–Trinajstić information content (AvgIpc) is 3.15. The molecule has 2 aliphatic rings. The van der Waals surface area contributed by atoms with E-state index in [1.165, 1.54) is 25.7 Å². The molecule has 2 saturated carbocycles. The van der Waals surface area contributed by atoms with Gasteiger partial charge in [-0.25, -0.2) is 0 Å². The van der Waals surface area contributed by atoms with Gasteiger partial charge in [0.25, 0.3) is 0 Å². The Morgan fingerprint density at radius 2 is 1.88 bits per heavy atom. The molecule has 3 nitrogen and oxygen atoms in total. The van der Waals surface area contributed by atoms with Crippen LogP contribution in [0.5, 0.6) is 0 Å². The molecule has 0 radical (unpaired) electrons. The first-order valence-electron chi connectivity index (χ1n) is 6.34. The lowest BCUT2D eigenvalue weighted by Crippen LogP contribution is -2.32. The summed E-state index contributed by atoms with van der Waals surface area (Å²) in [6, 6.07) is 0.753. The Morgan fingerprint density at radius 1 is 1.19 bits per heavy atom. The van der Waals surface area contributed by atoms with E-state index >= 15 is 0 Å². The van der Waals surface area contributed by atoms with Crippen molar-refractivity contribution in [2.75, 3.05) is 0 Å². The molecule has 0 amide bonds. The van der Waals surface area contributed by atoms with Gasteiger partial charge in [0.05, 0.1) is 11.4 Å². The van der Waals surface area contributed by atoms with Crippen LogP contribution in [0.15, 0.2) is 12.4 Å². The molecule has 3 rings (SSSR count). The standard InChI is InChI=1S/C13H19N3/c1-9-6-15-12(7-14-9)8-16-13(10-2-3-10)11-4-5-11/h6-7,10-11,13,16H,2-5,8H2,1H3. The maximum Gasteiger partial charge on any atom is 0.0724 e. The topological polar surface area (TPSA) is 37.8 Å². The lowest BCUT2D eigenvalue weighted by molar-refractivity contribution is 0.413. The van der Waals surface area contributed by atoms with Gasteiger partial charge in [0.1, 0.15) is 0 Å². The number of aryl methyl sites for hydroxylation is 1. The van der Waals surface area contributed by atoms with E-state index in [2.05, 4.69) is 15.3 Å². The average molecular weight is 217 g/mol. The van der Waals surface area contributed by atoms with Gasteiger partial charge >= 0.3 is 0 Å². The van der Waals surface area contributed by atoms with Gasteiger partial charge < -0.3 is 5.32 Å². The minimum absolute atomic E-state index is 0.753. The number of nitrogens with one attached hydrogen (secondary N) is 1. The summed E-state index contributed by atoms with van der Waals surface area (Å²) in [6.07, 6.45) is 9.43. The molecule has 16 heavy (non-hydrogen) atoms. The Morgan fingerprint density at radius 3 is 2.38 bits per heavy atom. The molecular weight excluding hydrogens is 198 g/mol. The fraction of sp³-hybridized carbons (Fsp3) is 0.692. The number of nitrogens with zero attached hydrogens (tertiary/aromatic N) is 2. The highest BCUT2D eigenvalue weighted by Gasteiger charge is 2.40. The van der Waals surface area contributed by atoms with Crippen molar-refractivity contribution in [1.29, 1.82) is 0 Å². The Kier molecular flexibility index (Phi) is 2.64. The Bertz CT molecular complexity index is 340. The predicted octanol–water partition coefficient (Wildman–Crippen LogP) is 2.06. The fourth-order valence-corrected chi connectivity index (χ4v) is 2.36. The zero-order valence-corrected chi connectivity index (χ0v) is 9.82. The molecule has 3 heteroatoms. The maximum atomic E-state index is 4.38. The van der Waals surface area contributed by atoms with Gasteiger partial charge in [-0.2, -0.15) is 0 Å². The molecule has 0 unspecified atom stereocenters. The summed E-state index contributed by atoms with van der Waals surface area (Å²) >= 11 is 0. The monoisotopic (exact) mass is 217 g/mol. The van der Waals surface area contributed by atoms with Crippen LogP contribution in [-0.4, -0.2) is 16.0 Å². The Balaban J connectivity index is 1.56. The third-order valence-electron chi connectivity index (χ3n) is 3.61. The van der Waals surface area contributed by atoms with Gasteiger partial charge in [-0.3, -0.25) is 9.97 Å². The highest BCUT2D eigenvalue weighted by atomic mass is 15.0. The van der Waals surface area contributed by atoms with Crippen molar-refractivity contribution in [3.05, 3.63) is 23.8 Å². The van der Waals surface area contributed by atoms with Crippen molar-refractivity contribution in [1.82, 2.24) is 15.3 Å². The molecule has 0 atom stereocenters. The first-order valence-corrected chi connectivity index (χ1v) is 6.34. The third kappa shape index (κ3) is 2.40. The summed E-state index contributed by atoms with van der Waals surface area (Å²) in [5.74, 6) is 1.90. The van der Waals surface area contributed by atoms with Gasteiger partial charge in [-0.1, -0.05) is 0 Å². The largest absolute Gasteiger partial charge is 0.308 e. The first-order chi connectivity index (χ1) is 7.83. The van der Waals surface area contributed by atoms with Crippen molar-refractivity contribution in [2.24, 2.45) is 11.8 Å². The van der Waals surface area contributed by atoms with Crippen LogP contribution in [0.3, 0.4) is 0 Å². The zero-order chi connectivity index (χ0) is 11.0. The van der Waals surface area contributed by atoms with Crippen molar-refractivity contribution in [3.63, 3.8) is 0 Å². The van der Waals surface area contributed by atoms with E-state index in [0.717, 1.165) is 35.8 Å². The molecule has 86 valence electrons. The normalized spacial score (nSPS) is 20.4. The summed E-state index contributed by atoms with van der Waals surface area (Å²) in [7, 11) is 0. The van der Waals surface area contributed by atoms with Gasteiger partial charge in [0.2, 0.25) is 0 Å². The molecule has 1 heterocycles. The van der Waals surface area contributed by atoms with Gasteiger partial charge in [-0.15, -0.1) is 0 Å². The van der Waals surface area contributed by atoms with Crippen LogP contribution < -0.4 is 5.32 Å². The molecule has 0 saturated heterocycles. The van der Waals surface area contributed by atoms with Crippen LogP contribution in [0.2, 0.25) is 0 Å². The third-order valence-corrected chi connectivity index (χ3v) is 3.61. The minimum Gasteiger partial charge on any atom is -0.308 e. The highest BCUT2D eigenvalue weighted by Crippen LogP contribution is 2.44. The Hall–Kier alpha value is -0.960. The van der Waals surface area contributed by atoms with Crippen molar-refractivity contribution < 1.29 is 0 Å². The van der Waals surface area contributed by atoms with Crippen LogP contribution in [0.25, 0.3) is 0 Å². The SMILES string of the molecule is Cc1cnc(CNC(C2CC2)C2CC2)cn1. The van der Waals surface area contributed by atoms with E-state index in [9.17, 15) is 0 Å². The van der Waals surface area contributed by atoms with E-state index in [1.807, 2.05) is 19.3 Å². The van der Waals surface area contributed by atoms with Crippen LogP contribution in [0.4, 0.5) is 0 Å². The Labute approximate surface area is 96.7 Å². The second-order valence-corrected chi connectivity index (χ2v) is 5.23. The van der Waals surface area contributed by atoms with Gasteiger partial charge in [0, 0.05) is 25.0 Å². The highest BCUT2D eigenvalue weighted by molar-refractivity contribution is 5.02. The lowest BCUT2D eigenvalue weighted by Gasteiger charge is -2.17. The number of hydrogen-bond donors (Lipinski definition) is 1. The summed E-state index contributed by atoms with van der Waals surface area (Å²) < 4.78 is 0. The molecule has 0 aliphatic heterocycles. The second kappa shape index (κ2) is 4.13. The molecule has 0 spiro atoms. The lowest BCUT2D eigenvalue weighted by atomic mass is 10.1. The molecular formula is C13H19N3. The fourth-order valence-electron chi connectivity index (χ4n) is 2.36. The quantitative estimate of drug-likeness (QED) is 0.820. The van der Waals surface area contributed by atoms with Crippen molar-refractivity contribution in [3.8, 4) is 0 Å². The first kappa shape index (κ1) is 10.2. The summed E-state index contributed by atoms with van der Waals surface area (Å²) in [5.41, 5.74) is 2.06. The van der Waals surface area contributed by atoms with Crippen LogP contribution >= 0.6 is 0 Å². The number of aromatic nitrogens is 2.